The van der Waals surface area contributed by atoms with E-state index in [0.29, 0.717) is 32.2 Å². The van der Waals surface area contributed by atoms with Gasteiger partial charge in [-0.15, -0.1) is 12.4 Å². The second kappa shape index (κ2) is 9.78. The van der Waals surface area contributed by atoms with Crippen LogP contribution in [-0.4, -0.2) is 54.0 Å². The molecule has 1 atom stereocenters. The number of halogens is 1. The Bertz CT molecular complexity index is 584. The van der Waals surface area contributed by atoms with E-state index in [1.807, 2.05) is 35.2 Å². The second-order valence-electron chi connectivity index (χ2n) is 6.99. The smallest absolute Gasteiger partial charge is 0.317 e. The van der Waals surface area contributed by atoms with Gasteiger partial charge in [0, 0.05) is 32.2 Å². The molecule has 2 fully saturated rings. The number of hydrogen-bond acceptors (Lipinski definition) is 3. The van der Waals surface area contributed by atoms with E-state index in [4.69, 9.17) is 5.73 Å². The zero-order chi connectivity index (χ0) is 17.6. The maximum Gasteiger partial charge on any atom is 0.317 e. The monoisotopic (exact) mass is 380 g/mol. The van der Waals surface area contributed by atoms with Gasteiger partial charge in [-0.2, -0.15) is 0 Å². The SMILES string of the molecule is Cl.NC(C(=O)N1CCN(C(=O)NC2CCCCC2)CC1)c1ccccc1. The molecule has 1 aliphatic carbocycles. The third kappa shape index (κ3) is 5.11. The van der Waals surface area contributed by atoms with Crippen LogP contribution in [0.1, 0.15) is 43.7 Å². The lowest BCUT2D eigenvalue weighted by molar-refractivity contribution is -0.134. The molecule has 0 radical (unpaired) electrons. The van der Waals surface area contributed by atoms with Crippen LogP contribution in [0.2, 0.25) is 0 Å². The van der Waals surface area contributed by atoms with Gasteiger partial charge in [0.2, 0.25) is 5.91 Å². The van der Waals surface area contributed by atoms with Crippen LogP contribution in [0.3, 0.4) is 0 Å². The average Bonchev–Trinajstić information content (AvgIpc) is 2.68. The Balaban J connectivity index is 0.00000243. The molecule has 144 valence electrons. The van der Waals surface area contributed by atoms with Crippen LogP contribution in [0.15, 0.2) is 30.3 Å². The van der Waals surface area contributed by atoms with Crippen LogP contribution in [0.5, 0.6) is 0 Å². The zero-order valence-corrected chi connectivity index (χ0v) is 15.9. The number of rotatable bonds is 3. The number of nitrogens with one attached hydrogen (secondary N) is 1. The summed E-state index contributed by atoms with van der Waals surface area (Å²) in [5, 5.41) is 3.14. The lowest BCUT2D eigenvalue weighted by Gasteiger charge is -2.37. The molecule has 6 nitrogen and oxygen atoms in total. The molecule has 26 heavy (non-hydrogen) atoms. The summed E-state index contributed by atoms with van der Waals surface area (Å²) >= 11 is 0. The number of urea groups is 1. The third-order valence-electron chi connectivity index (χ3n) is 5.24. The highest BCUT2D eigenvalue weighted by Crippen LogP contribution is 2.18. The topological polar surface area (TPSA) is 78.7 Å². The van der Waals surface area contributed by atoms with Crippen molar-refractivity contribution >= 4 is 24.3 Å². The van der Waals surface area contributed by atoms with Crippen LogP contribution in [-0.2, 0) is 4.79 Å². The predicted molar refractivity (Wildman–Crippen MR) is 104 cm³/mol. The summed E-state index contributed by atoms with van der Waals surface area (Å²) < 4.78 is 0. The maximum atomic E-state index is 12.6. The van der Waals surface area contributed by atoms with Gasteiger partial charge in [-0.05, 0) is 18.4 Å². The maximum absolute atomic E-state index is 12.6. The summed E-state index contributed by atoms with van der Waals surface area (Å²) in [6.07, 6.45) is 5.83. The number of carbonyl (C=O) groups is 2. The normalized spacial score (nSPS) is 19.4. The summed E-state index contributed by atoms with van der Waals surface area (Å²) in [4.78, 5) is 28.5. The van der Waals surface area contributed by atoms with E-state index in [1.165, 1.54) is 19.3 Å². The van der Waals surface area contributed by atoms with E-state index in [9.17, 15) is 9.59 Å². The number of piperazine rings is 1. The Morgan fingerprint density at radius 3 is 2.15 bits per heavy atom. The fraction of sp³-hybridized carbons (Fsp3) is 0.579. The lowest BCUT2D eigenvalue weighted by atomic mass is 9.96. The van der Waals surface area contributed by atoms with Gasteiger partial charge in [-0.1, -0.05) is 49.6 Å². The number of nitrogens with two attached hydrogens (primary N) is 1. The van der Waals surface area contributed by atoms with Gasteiger partial charge in [0.1, 0.15) is 6.04 Å². The number of amides is 3. The van der Waals surface area contributed by atoms with E-state index in [1.54, 1.807) is 4.90 Å². The molecule has 1 aromatic rings. The first-order chi connectivity index (χ1) is 12.1. The van der Waals surface area contributed by atoms with Crippen molar-refractivity contribution in [2.45, 2.75) is 44.2 Å². The van der Waals surface area contributed by atoms with E-state index >= 15 is 0 Å². The van der Waals surface area contributed by atoms with Crippen molar-refractivity contribution in [3.05, 3.63) is 35.9 Å². The van der Waals surface area contributed by atoms with Gasteiger partial charge in [-0.3, -0.25) is 4.79 Å². The van der Waals surface area contributed by atoms with E-state index in [-0.39, 0.29) is 24.3 Å². The minimum Gasteiger partial charge on any atom is -0.337 e. The Morgan fingerprint density at radius 2 is 1.54 bits per heavy atom. The molecule has 1 heterocycles. The van der Waals surface area contributed by atoms with Crippen LogP contribution >= 0.6 is 12.4 Å². The summed E-state index contributed by atoms with van der Waals surface area (Å²) in [5.41, 5.74) is 6.93. The quantitative estimate of drug-likeness (QED) is 0.844. The van der Waals surface area contributed by atoms with Gasteiger partial charge in [-0.25, -0.2) is 4.79 Å². The molecule has 1 saturated carbocycles. The summed E-state index contributed by atoms with van der Waals surface area (Å²) in [7, 11) is 0. The average molecular weight is 381 g/mol. The van der Waals surface area contributed by atoms with Crippen LogP contribution in [0.4, 0.5) is 4.79 Å². The molecule has 0 spiro atoms. The van der Waals surface area contributed by atoms with Gasteiger partial charge in [0.25, 0.3) is 0 Å². The third-order valence-corrected chi connectivity index (χ3v) is 5.24. The van der Waals surface area contributed by atoms with Crippen molar-refractivity contribution in [3.8, 4) is 0 Å². The molecular formula is C19H29ClN4O2. The largest absolute Gasteiger partial charge is 0.337 e. The molecular weight excluding hydrogens is 352 g/mol. The molecule has 0 aromatic heterocycles. The highest BCUT2D eigenvalue weighted by atomic mass is 35.5. The van der Waals surface area contributed by atoms with Gasteiger partial charge >= 0.3 is 6.03 Å². The second-order valence-corrected chi connectivity index (χ2v) is 6.99. The lowest BCUT2D eigenvalue weighted by Crippen LogP contribution is -2.55. The van der Waals surface area contributed by atoms with Crippen molar-refractivity contribution in [2.75, 3.05) is 26.2 Å². The van der Waals surface area contributed by atoms with Crippen LogP contribution < -0.4 is 11.1 Å². The van der Waals surface area contributed by atoms with Crippen LogP contribution in [0, 0.1) is 0 Å². The van der Waals surface area contributed by atoms with E-state index in [0.717, 1.165) is 18.4 Å². The predicted octanol–water partition coefficient (Wildman–Crippen LogP) is 2.29. The zero-order valence-electron chi connectivity index (χ0n) is 15.1. The van der Waals surface area contributed by atoms with Crippen molar-refractivity contribution < 1.29 is 9.59 Å². The minimum absolute atomic E-state index is 0. The highest BCUT2D eigenvalue weighted by Gasteiger charge is 2.28. The van der Waals surface area contributed by atoms with Crippen LogP contribution in [0.25, 0.3) is 0 Å². The first-order valence-corrected chi connectivity index (χ1v) is 9.30. The highest BCUT2D eigenvalue weighted by molar-refractivity contribution is 5.85. The van der Waals surface area contributed by atoms with E-state index < -0.39 is 6.04 Å². The fourth-order valence-corrected chi connectivity index (χ4v) is 3.64. The van der Waals surface area contributed by atoms with Crippen molar-refractivity contribution in [2.24, 2.45) is 5.73 Å². The molecule has 1 aliphatic heterocycles. The number of benzene rings is 1. The fourth-order valence-electron chi connectivity index (χ4n) is 3.64. The number of carbonyl (C=O) groups excluding carboxylic acids is 2. The Morgan fingerprint density at radius 1 is 0.962 bits per heavy atom. The van der Waals surface area contributed by atoms with Crippen molar-refractivity contribution in [3.63, 3.8) is 0 Å². The molecule has 1 saturated heterocycles. The molecule has 2 aliphatic rings. The number of hydrogen-bond donors (Lipinski definition) is 2. The standard InChI is InChI=1S/C19H28N4O2.ClH/c20-17(15-7-3-1-4-8-15)18(24)22-11-13-23(14-12-22)19(25)21-16-9-5-2-6-10-16;/h1,3-4,7-8,16-17H,2,5-6,9-14,20H2,(H,21,25);1H. The Labute approximate surface area is 161 Å². The summed E-state index contributed by atoms with van der Waals surface area (Å²) in [6.45, 7) is 2.20. The van der Waals surface area contributed by atoms with Gasteiger partial charge in [0.15, 0.2) is 0 Å². The Kier molecular flexibility index (Phi) is 7.72. The van der Waals surface area contributed by atoms with Gasteiger partial charge in [0.05, 0.1) is 0 Å². The summed E-state index contributed by atoms with van der Waals surface area (Å²) in [5.74, 6) is -0.0708. The molecule has 0 bridgehead atoms. The van der Waals surface area contributed by atoms with Gasteiger partial charge < -0.3 is 20.9 Å². The van der Waals surface area contributed by atoms with Crippen molar-refractivity contribution in [1.82, 2.24) is 15.1 Å². The Hall–Kier alpha value is -1.79. The molecule has 3 amide bonds. The molecule has 1 aromatic carbocycles. The summed E-state index contributed by atoms with van der Waals surface area (Å²) in [6, 6.07) is 9.10. The van der Waals surface area contributed by atoms with Crippen molar-refractivity contribution in [1.29, 1.82) is 0 Å². The van der Waals surface area contributed by atoms with E-state index in [2.05, 4.69) is 5.32 Å². The molecule has 3 N–H and O–H groups in total. The minimum atomic E-state index is -0.635. The number of nitrogens with zero attached hydrogens (tertiary/aromatic N) is 2. The first kappa shape index (κ1) is 20.5. The molecule has 7 heteroatoms. The first-order valence-electron chi connectivity index (χ1n) is 9.30. The molecule has 3 rings (SSSR count). The molecule has 1 unspecified atom stereocenters.